The first-order chi connectivity index (χ1) is 7.56. The zero-order valence-corrected chi connectivity index (χ0v) is 9.54. The Balaban J connectivity index is 2.35. The number of phenolic OH excluding ortho intramolecular Hbond substituents is 1. The number of rotatable bonds is 2. The molecule has 1 atom stereocenters. The van der Waals surface area contributed by atoms with E-state index in [1.165, 1.54) is 11.3 Å². The van der Waals surface area contributed by atoms with Gasteiger partial charge in [0.25, 0.3) is 0 Å². The molecular weight excluding hydrogens is 224 g/mol. The second-order valence-electron chi connectivity index (χ2n) is 3.60. The predicted molar refractivity (Wildman–Crippen MR) is 64.6 cm³/mol. The molecule has 0 aliphatic heterocycles. The van der Waals surface area contributed by atoms with Gasteiger partial charge in [-0.05, 0) is 36.6 Å². The lowest BCUT2D eigenvalue weighted by Crippen LogP contribution is -2.31. The zero-order chi connectivity index (χ0) is 11.7. The van der Waals surface area contributed by atoms with Crippen LogP contribution < -0.4 is 11.1 Å². The fourth-order valence-corrected chi connectivity index (χ4v) is 2.64. The van der Waals surface area contributed by atoms with E-state index in [1.807, 2.05) is 19.1 Å². The number of benzene rings is 1. The topological polar surface area (TPSA) is 75.3 Å². The van der Waals surface area contributed by atoms with Crippen molar-refractivity contribution >= 4 is 27.5 Å². The van der Waals surface area contributed by atoms with Crippen LogP contribution in [-0.4, -0.2) is 11.1 Å². The van der Waals surface area contributed by atoms with Crippen LogP contribution in [0.5, 0.6) is 5.75 Å². The summed E-state index contributed by atoms with van der Waals surface area (Å²) >= 11 is 1.53. The van der Waals surface area contributed by atoms with Crippen molar-refractivity contribution < 1.29 is 9.90 Å². The third-order valence-electron chi connectivity index (χ3n) is 2.31. The molecule has 2 aromatic rings. The van der Waals surface area contributed by atoms with Crippen molar-refractivity contribution in [3.05, 3.63) is 29.1 Å². The van der Waals surface area contributed by atoms with Crippen molar-refractivity contribution in [1.29, 1.82) is 0 Å². The normalized spacial score (nSPS) is 12.6. The average molecular weight is 236 g/mol. The minimum atomic E-state index is -0.534. The van der Waals surface area contributed by atoms with E-state index in [-0.39, 0.29) is 11.8 Å². The van der Waals surface area contributed by atoms with Crippen LogP contribution in [0.4, 0.5) is 4.79 Å². The number of thiophene rings is 1. The molecule has 16 heavy (non-hydrogen) atoms. The molecule has 5 heteroatoms. The molecule has 1 heterocycles. The first-order valence-corrected chi connectivity index (χ1v) is 5.66. The van der Waals surface area contributed by atoms with Gasteiger partial charge in [-0.2, -0.15) is 0 Å². The van der Waals surface area contributed by atoms with Gasteiger partial charge in [-0.3, -0.25) is 0 Å². The van der Waals surface area contributed by atoms with E-state index in [1.54, 1.807) is 12.1 Å². The highest BCUT2D eigenvalue weighted by Crippen LogP contribution is 2.31. The van der Waals surface area contributed by atoms with Crippen LogP contribution in [0.25, 0.3) is 10.1 Å². The van der Waals surface area contributed by atoms with Crippen molar-refractivity contribution in [3.8, 4) is 5.75 Å². The van der Waals surface area contributed by atoms with E-state index in [9.17, 15) is 9.90 Å². The second-order valence-corrected chi connectivity index (χ2v) is 4.72. The maximum atomic E-state index is 10.7. The van der Waals surface area contributed by atoms with Gasteiger partial charge >= 0.3 is 6.03 Å². The van der Waals surface area contributed by atoms with E-state index in [4.69, 9.17) is 5.73 Å². The number of fused-ring (bicyclic) bond motifs is 1. The lowest BCUT2D eigenvalue weighted by atomic mass is 10.2. The number of nitrogens with two attached hydrogens (primary N) is 1. The van der Waals surface area contributed by atoms with E-state index < -0.39 is 6.03 Å². The maximum Gasteiger partial charge on any atom is 0.312 e. The highest BCUT2D eigenvalue weighted by Gasteiger charge is 2.10. The van der Waals surface area contributed by atoms with Gasteiger partial charge in [-0.1, -0.05) is 0 Å². The Morgan fingerprint density at radius 2 is 2.25 bits per heavy atom. The number of amides is 2. The molecule has 2 amide bonds. The second kappa shape index (κ2) is 4.02. The Morgan fingerprint density at radius 1 is 1.50 bits per heavy atom. The van der Waals surface area contributed by atoms with Gasteiger partial charge in [0.15, 0.2) is 0 Å². The third-order valence-corrected chi connectivity index (χ3v) is 3.59. The molecule has 1 aromatic carbocycles. The van der Waals surface area contributed by atoms with Gasteiger partial charge in [-0.15, -0.1) is 11.3 Å². The summed E-state index contributed by atoms with van der Waals surface area (Å²) < 4.78 is 0.994. The SMILES string of the molecule is C[C@H](NC(N)=O)c1cc2ccc(O)cc2s1. The number of phenols is 1. The fraction of sp³-hybridized carbons (Fsp3) is 0.182. The van der Waals surface area contributed by atoms with Crippen LogP contribution in [-0.2, 0) is 0 Å². The summed E-state index contributed by atoms with van der Waals surface area (Å²) in [5.74, 6) is 0.247. The summed E-state index contributed by atoms with van der Waals surface area (Å²) in [6, 6.07) is 6.54. The molecule has 0 spiro atoms. The van der Waals surface area contributed by atoms with Crippen LogP contribution in [0.15, 0.2) is 24.3 Å². The number of hydrogen-bond donors (Lipinski definition) is 3. The van der Waals surface area contributed by atoms with Crippen molar-refractivity contribution in [2.45, 2.75) is 13.0 Å². The molecule has 0 radical (unpaired) electrons. The van der Waals surface area contributed by atoms with E-state index in [0.29, 0.717) is 0 Å². The van der Waals surface area contributed by atoms with Crippen molar-refractivity contribution in [3.63, 3.8) is 0 Å². The zero-order valence-electron chi connectivity index (χ0n) is 8.73. The highest BCUT2D eigenvalue weighted by molar-refractivity contribution is 7.19. The number of primary amides is 1. The molecule has 0 aliphatic carbocycles. The summed E-state index contributed by atoms with van der Waals surface area (Å²) in [4.78, 5) is 11.7. The Kier molecular flexibility index (Phi) is 2.70. The van der Waals surface area contributed by atoms with Crippen molar-refractivity contribution in [2.75, 3.05) is 0 Å². The van der Waals surface area contributed by atoms with Gasteiger partial charge < -0.3 is 16.2 Å². The van der Waals surface area contributed by atoms with Gasteiger partial charge in [0.05, 0.1) is 6.04 Å². The molecule has 0 aliphatic rings. The monoisotopic (exact) mass is 236 g/mol. The van der Waals surface area contributed by atoms with Gasteiger partial charge in [0.2, 0.25) is 0 Å². The van der Waals surface area contributed by atoms with E-state index in [2.05, 4.69) is 5.32 Å². The third kappa shape index (κ3) is 2.09. The van der Waals surface area contributed by atoms with E-state index in [0.717, 1.165) is 15.0 Å². The summed E-state index contributed by atoms with van der Waals surface area (Å²) in [6.07, 6.45) is 0. The van der Waals surface area contributed by atoms with Crippen molar-refractivity contribution in [2.24, 2.45) is 5.73 Å². The number of nitrogens with one attached hydrogen (secondary N) is 1. The van der Waals surface area contributed by atoms with Gasteiger partial charge in [-0.25, -0.2) is 4.79 Å². The van der Waals surface area contributed by atoms with Crippen LogP contribution in [0.1, 0.15) is 17.8 Å². The molecule has 4 nitrogen and oxygen atoms in total. The molecule has 0 fully saturated rings. The minimum Gasteiger partial charge on any atom is -0.508 e. The molecule has 0 saturated carbocycles. The number of aromatic hydroxyl groups is 1. The predicted octanol–water partition coefficient (Wildman–Crippen LogP) is 2.34. The smallest absolute Gasteiger partial charge is 0.312 e. The molecule has 0 saturated heterocycles. The summed E-state index contributed by atoms with van der Waals surface area (Å²) in [7, 11) is 0. The molecule has 84 valence electrons. The highest BCUT2D eigenvalue weighted by atomic mass is 32.1. The maximum absolute atomic E-state index is 10.7. The largest absolute Gasteiger partial charge is 0.508 e. The lowest BCUT2D eigenvalue weighted by Gasteiger charge is -2.08. The molecule has 4 N–H and O–H groups in total. The Labute approximate surface area is 96.7 Å². The fourth-order valence-electron chi connectivity index (χ4n) is 1.54. The van der Waals surface area contributed by atoms with Crippen LogP contribution in [0.2, 0.25) is 0 Å². The minimum absolute atomic E-state index is 0.114. The molecular formula is C11H12N2O2S. The summed E-state index contributed by atoms with van der Waals surface area (Å²) in [5, 5.41) is 13.0. The summed E-state index contributed by atoms with van der Waals surface area (Å²) in [5.41, 5.74) is 5.06. The Hall–Kier alpha value is -1.75. The number of urea groups is 1. The first kappa shape index (κ1) is 10.8. The van der Waals surface area contributed by atoms with Crippen molar-refractivity contribution in [1.82, 2.24) is 5.32 Å². The van der Waals surface area contributed by atoms with Crippen LogP contribution in [0.3, 0.4) is 0 Å². The number of carbonyl (C=O) groups is 1. The van der Waals surface area contributed by atoms with Crippen LogP contribution in [0, 0.1) is 0 Å². The standard InChI is InChI=1S/C11H12N2O2S/c1-6(13-11(12)15)9-4-7-2-3-8(14)5-10(7)16-9/h2-6,14H,1H3,(H3,12,13,15)/t6-/m0/s1. The number of carbonyl (C=O) groups excluding carboxylic acids is 1. The molecule has 0 bridgehead atoms. The van der Waals surface area contributed by atoms with Crippen LogP contribution >= 0.6 is 11.3 Å². The first-order valence-electron chi connectivity index (χ1n) is 4.84. The molecule has 2 rings (SSSR count). The summed E-state index contributed by atoms with van der Waals surface area (Å²) in [6.45, 7) is 1.87. The Morgan fingerprint density at radius 3 is 2.94 bits per heavy atom. The van der Waals surface area contributed by atoms with E-state index >= 15 is 0 Å². The Bertz CT molecular complexity index is 536. The average Bonchev–Trinajstić information content (AvgIpc) is 2.59. The number of hydrogen-bond acceptors (Lipinski definition) is 3. The lowest BCUT2D eigenvalue weighted by molar-refractivity contribution is 0.246. The molecule has 0 unspecified atom stereocenters. The van der Waals surface area contributed by atoms with Gasteiger partial charge in [0, 0.05) is 9.58 Å². The quantitative estimate of drug-likeness (QED) is 0.748. The molecule has 1 aromatic heterocycles. The van der Waals surface area contributed by atoms with Gasteiger partial charge in [0.1, 0.15) is 5.75 Å².